The van der Waals surface area contributed by atoms with E-state index >= 15 is 0 Å². The van der Waals surface area contributed by atoms with Crippen molar-refractivity contribution in [2.24, 2.45) is 0 Å². The first kappa shape index (κ1) is 27.0. The number of benzene rings is 3. The zero-order valence-corrected chi connectivity index (χ0v) is 21.2. The average molecular weight is 522 g/mol. The Morgan fingerprint density at radius 1 is 0.842 bits per heavy atom. The quantitative estimate of drug-likeness (QED) is 0.266. The molecule has 0 aliphatic heterocycles. The second-order valence-corrected chi connectivity index (χ2v) is 9.21. The number of aromatic amines is 1. The Labute approximate surface area is 219 Å². The van der Waals surface area contributed by atoms with Crippen molar-refractivity contribution in [2.75, 3.05) is 19.6 Å². The lowest BCUT2D eigenvalue weighted by atomic mass is 10.1. The van der Waals surface area contributed by atoms with E-state index in [0.29, 0.717) is 32.5 Å². The van der Waals surface area contributed by atoms with Crippen LogP contribution in [0.2, 0.25) is 0 Å². The van der Waals surface area contributed by atoms with E-state index in [-0.39, 0.29) is 18.0 Å². The highest BCUT2D eigenvalue weighted by Gasteiger charge is 2.30. The summed E-state index contributed by atoms with van der Waals surface area (Å²) >= 11 is 0. The normalized spacial score (nSPS) is 11.5. The molecule has 8 heteroatoms. The van der Waals surface area contributed by atoms with E-state index < -0.39 is 17.6 Å². The van der Waals surface area contributed by atoms with E-state index in [1.165, 1.54) is 4.90 Å². The van der Waals surface area contributed by atoms with E-state index in [1.54, 1.807) is 4.90 Å². The van der Waals surface area contributed by atoms with Gasteiger partial charge < -0.3 is 14.8 Å². The molecular formula is C30H30F3N3O2. The van der Waals surface area contributed by atoms with Gasteiger partial charge in [-0.25, -0.2) is 0 Å². The van der Waals surface area contributed by atoms with Crippen molar-refractivity contribution in [1.82, 2.24) is 14.8 Å². The molecule has 0 spiro atoms. The summed E-state index contributed by atoms with van der Waals surface area (Å²) in [6, 6.07) is 21.7. The van der Waals surface area contributed by atoms with E-state index in [0.717, 1.165) is 46.3 Å². The van der Waals surface area contributed by atoms with Gasteiger partial charge in [-0.3, -0.25) is 9.59 Å². The molecule has 3 aromatic carbocycles. The van der Waals surface area contributed by atoms with Crippen LogP contribution in [0, 0.1) is 0 Å². The second-order valence-electron chi connectivity index (χ2n) is 9.21. The summed E-state index contributed by atoms with van der Waals surface area (Å²) in [4.78, 5) is 33.1. The molecule has 0 saturated carbocycles. The van der Waals surface area contributed by atoms with Crippen LogP contribution in [0.25, 0.3) is 10.9 Å². The summed E-state index contributed by atoms with van der Waals surface area (Å²) in [5.41, 5.74) is 2.39. The minimum Gasteiger partial charge on any atom is -0.361 e. The van der Waals surface area contributed by atoms with Gasteiger partial charge in [0.25, 0.3) is 5.91 Å². The Hall–Kier alpha value is -4.07. The fourth-order valence-corrected chi connectivity index (χ4v) is 4.46. The lowest BCUT2D eigenvalue weighted by molar-refractivity contribution is -0.137. The highest BCUT2D eigenvalue weighted by Crippen LogP contribution is 2.29. The summed E-state index contributed by atoms with van der Waals surface area (Å²) in [7, 11) is 0. The smallest absolute Gasteiger partial charge is 0.361 e. The van der Waals surface area contributed by atoms with E-state index in [4.69, 9.17) is 0 Å². The van der Waals surface area contributed by atoms with Gasteiger partial charge in [-0.1, -0.05) is 55.5 Å². The molecule has 0 saturated heterocycles. The van der Waals surface area contributed by atoms with Crippen molar-refractivity contribution < 1.29 is 22.8 Å². The number of para-hydroxylation sites is 1. The van der Waals surface area contributed by atoms with Gasteiger partial charge in [0, 0.05) is 42.3 Å². The van der Waals surface area contributed by atoms with Gasteiger partial charge in [0.1, 0.15) is 6.54 Å². The van der Waals surface area contributed by atoms with Crippen LogP contribution in [0.3, 0.4) is 0 Å². The van der Waals surface area contributed by atoms with Gasteiger partial charge in [0.2, 0.25) is 5.91 Å². The zero-order valence-electron chi connectivity index (χ0n) is 21.2. The van der Waals surface area contributed by atoms with Crippen LogP contribution < -0.4 is 0 Å². The van der Waals surface area contributed by atoms with Gasteiger partial charge in [0.15, 0.2) is 0 Å². The molecule has 0 atom stereocenters. The average Bonchev–Trinajstić information content (AvgIpc) is 3.33. The fraction of sp³-hybridized carbons (Fsp3) is 0.267. The van der Waals surface area contributed by atoms with Crippen LogP contribution in [0.1, 0.15) is 40.4 Å². The summed E-state index contributed by atoms with van der Waals surface area (Å²) < 4.78 is 38.9. The van der Waals surface area contributed by atoms with Gasteiger partial charge in [-0.05, 0) is 54.3 Å². The maximum atomic E-state index is 13.6. The Morgan fingerprint density at radius 2 is 1.53 bits per heavy atom. The number of halogens is 3. The van der Waals surface area contributed by atoms with Gasteiger partial charge in [0.05, 0.1) is 5.56 Å². The van der Waals surface area contributed by atoms with Crippen LogP contribution in [0.15, 0.2) is 85.1 Å². The Bertz CT molecular complexity index is 1370. The minimum atomic E-state index is -4.48. The van der Waals surface area contributed by atoms with E-state index in [1.807, 2.05) is 67.7 Å². The Morgan fingerprint density at radius 3 is 2.21 bits per heavy atom. The Balaban J connectivity index is 1.51. The third-order valence-corrected chi connectivity index (χ3v) is 6.46. The summed E-state index contributed by atoms with van der Waals surface area (Å²) in [6.45, 7) is 2.87. The molecule has 0 aliphatic carbocycles. The van der Waals surface area contributed by atoms with Crippen molar-refractivity contribution in [3.63, 3.8) is 0 Å². The molecule has 198 valence electrons. The van der Waals surface area contributed by atoms with Crippen molar-refractivity contribution in [1.29, 1.82) is 0 Å². The molecule has 1 N–H and O–H groups in total. The lowest BCUT2D eigenvalue weighted by Gasteiger charge is -2.28. The number of amides is 2. The standard InChI is InChI=1S/C30H30F3N3O2/c1-2-17-36(29(38)23-12-14-25(15-13-23)30(31,32)33)21-28(37)35(20-22-8-4-3-5-9-22)18-16-24-19-34-27-11-7-6-10-26(24)27/h3-15,19,34H,2,16-18,20-21H2,1H3. The molecule has 0 radical (unpaired) electrons. The summed E-state index contributed by atoms with van der Waals surface area (Å²) in [6.07, 6.45) is -1.30. The number of hydrogen-bond donors (Lipinski definition) is 1. The number of carbonyl (C=O) groups is 2. The van der Waals surface area contributed by atoms with Crippen LogP contribution >= 0.6 is 0 Å². The number of nitrogens with zero attached hydrogens (tertiary/aromatic N) is 2. The number of carbonyl (C=O) groups excluding carboxylic acids is 2. The van der Waals surface area contributed by atoms with Crippen LogP contribution in [-0.2, 0) is 23.9 Å². The molecule has 0 fully saturated rings. The highest BCUT2D eigenvalue weighted by molar-refractivity contribution is 5.96. The number of rotatable bonds is 10. The summed E-state index contributed by atoms with van der Waals surface area (Å²) in [5.74, 6) is -0.687. The predicted octanol–water partition coefficient (Wildman–Crippen LogP) is 6.31. The van der Waals surface area contributed by atoms with Crippen molar-refractivity contribution in [2.45, 2.75) is 32.5 Å². The van der Waals surface area contributed by atoms with Crippen molar-refractivity contribution in [3.8, 4) is 0 Å². The maximum Gasteiger partial charge on any atom is 0.416 e. The number of nitrogens with one attached hydrogen (secondary N) is 1. The molecule has 2 amide bonds. The fourth-order valence-electron chi connectivity index (χ4n) is 4.46. The topological polar surface area (TPSA) is 56.4 Å². The van der Waals surface area contributed by atoms with E-state index in [2.05, 4.69) is 4.98 Å². The highest BCUT2D eigenvalue weighted by atomic mass is 19.4. The monoisotopic (exact) mass is 521 g/mol. The minimum absolute atomic E-state index is 0.118. The first-order valence-electron chi connectivity index (χ1n) is 12.6. The third-order valence-electron chi connectivity index (χ3n) is 6.46. The van der Waals surface area contributed by atoms with Gasteiger partial charge in [-0.15, -0.1) is 0 Å². The largest absolute Gasteiger partial charge is 0.416 e. The SMILES string of the molecule is CCCN(CC(=O)N(CCc1c[nH]c2ccccc12)Cc1ccccc1)C(=O)c1ccc(C(F)(F)F)cc1. The predicted molar refractivity (Wildman–Crippen MR) is 142 cm³/mol. The lowest BCUT2D eigenvalue weighted by Crippen LogP contribution is -2.43. The number of aromatic nitrogens is 1. The number of fused-ring (bicyclic) bond motifs is 1. The van der Waals surface area contributed by atoms with Crippen molar-refractivity contribution >= 4 is 22.7 Å². The Kier molecular flexibility index (Phi) is 8.51. The summed E-state index contributed by atoms with van der Waals surface area (Å²) in [5, 5.41) is 1.10. The molecule has 0 bridgehead atoms. The number of hydrogen-bond acceptors (Lipinski definition) is 2. The first-order valence-corrected chi connectivity index (χ1v) is 12.6. The number of H-pyrrole nitrogens is 1. The molecule has 4 aromatic rings. The maximum absolute atomic E-state index is 13.6. The third kappa shape index (κ3) is 6.62. The molecule has 38 heavy (non-hydrogen) atoms. The molecule has 1 heterocycles. The molecule has 0 aliphatic rings. The molecule has 0 unspecified atom stereocenters. The zero-order chi connectivity index (χ0) is 27.1. The first-order chi connectivity index (χ1) is 18.3. The van der Waals surface area contributed by atoms with Crippen LogP contribution in [0.5, 0.6) is 0 Å². The molecular weight excluding hydrogens is 491 g/mol. The molecule has 1 aromatic heterocycles. The van der Waals surface area contributed by atoms with Crippen molar-refractivity contribution in [3.05, 3.63) is 107 Å². The second kappa shape index (κ2) is 12.0. The van der Waals surface area contributed by atoms with Gasteiger partial charge >= 0.3 is 6.18 Å². The van der Waals surface area contributed by atoms with Gasteiger partial charge in [-0.2, -0.15) is 13.2 Å². The molecule has 4 rings (SSSR count). The van der Waals surface area contributed by atoms with Crippen LogP contribution in [-0.4, -0.2) is 46.2 Å². The van der Waals surface area contributed by atoms with Crippen LogP contribution in [0.4, 0.5) is 13.2 Å². The molecule has 5 nitrogen and oxygen atoms in total. The van der Waals surface area contributed by atoms with E-state index in [9.17, 15) is 22.8 Å². The number of alkyl halides is 3.